The van der Waals surface area contributed by atoms with E-state index >= 15 is 0 Å². The number of pyridine rings is 1. The molecule has 0 radical (unpaired) electrons. The third kappa shape index (κ3) is 3.74. The van der Waals surface area contributed by atoms with E-state index in [1.807, 2.05) is 37.3 Å². The van der Waals surface area contributed by atoms with Crippen molar-refractivity contribution in [2.75, 3.05) is 20.3 Å². The van der Waals surface area contributed by atoms with E-state index in [4.69, 9.17) is 9.47 Å². The maximum absolute atomic E-state index is 12.7. The lowest BCUT2D eigenvalue weighted by atomic mass is 9.95. The van der Waals surface area contributed by atoms with Gasteiger partial charge in [-0.2, -0.15) is 0 Å². The number of nitrogens with one attached hydrogen (secondary N) is 1. The average molecular weight is 326 g/mol. The van der Waals surface area contributed by atoms with E-state index in [0.717, 1.165) is 12.0 Å². The molecule has 1 aliphatic rings. The number of nitrogens with zero attached hydrogens (tertiary/aromatic N) is 1. The number of methoxy groups -OCH3 is 1. The second-order valence-electron chi connectivity index (χ2n) is 6.14. The molecule has 1 amide bonds. The maximum atomic E-state index is 12.7. The number of aryl methyl sites for hydroxylation is 1. The SMILES string of the molecule is COc1ccc(C)cc1C(=O)N[C@H]1COC[C@H]1Cc1ccncc1. The Hall–Kier alpha value is -2.40. The lowest BCUT2D eigenvalue weighted by Gasteiger charge is -2.20. The zero-order valence-electron chi connectivity index (χ0n) is 14.0. The summed E-state index contributed by atoms with van der Waals surface area (Å²) >= 11 is 0. The minimum Gasteiger partial charge on any atom is -0.496 e. The third-order valence-electron chi connectivity index (χ3n) is 4.36. The number of carbonyl (C=O) groups excluding carboxylic acids is 1. The molecule has 3 rings (SSSR count). The Labute approximate surface area is 142 Å². The van der Waals surface area contributed by atoms with Gasteiger partial charge in [-0.3, -0.25) is 9.78 Å². The minimum atomic E-state index is -0.120. The number of ether oxygens (including phenoxy) is 2. The molecule has 1 fully saturated rings. The molecule has 0 unspecified atom stereocenters. The number of carbonyl (C=O) groups is 1. The third-order valence-corrected chi connectivity index (χ3v) is 4.36. The first-order chi connectivity index (χ1) is 11.7. The van der Waals surface area contributed by atoms with Crippen LogP contribution in [0.15, 0.2) is 42.7 Å². The van der Waals surface area contributed by atoms with E-state index in [-0.39, 0.29) is 17.9 Å². The van der Waals surface area contributed by atoms with Crippen molar-refractivity contribution in [3.63, 3.8) is 0 Å². The Balaban J connectivity index is 1.70. The summed E-state index contributed by atoms with van der Waals surface area (Å²) < 4.78 is 10.9. The highest BCUT2D eigenvalue weighted by Crippen LogP contribution is 2.22. The van der Waals surface area contributed by atoms with Crippen LogP contribution < -0.4 is 10.1 Å². The summed E-state index contributed by atoms with van der Waals surface area (Å²) in [6.07, 6.45) is 4.44. The molecule has 126 valence electrons. The number of aromatic nitrogens is 1. The molecule has 5 heteroatoms. The molecule has 1 aromatic carbocycles. The molecule has 2 aromatic rings. The quantitative estimate of drug-likeness (QED) is 0.916. The standard InChI is InChI=1S/C19H22N2O3/c1-13-3-4-18(23-2)16(9-13)19(22)21-17-12-24-11-15(17)10-14-5-7-20-8-6-14/h3-9,15,17H,10-12H2,1-2H3,(H,21,22)/t15-,17+/m1/s1. The molecule has 1 aliphatic heterocycles. The van der Waals surface area contributed by atoms with Crippen LogP contribution >= 0.6 is 0 Å². The van der Waals surface area contributed by atoms with Gasteiger partial charge >= 0.3 is 0 Å². The van der Waals surface area contributed by atoms with Gasteiger partial charge in [-0.25, -0.2) is 0 Å². The summed E-state index contributed by atoms with van der Waals surface area (Å²) in [5.41, 5.74) is 2.79. The molecule has 0 aliphatic carbocycles. The number of hydrogen-bond donors (Lipinski definition) is 1. The van der Waals surface area contributed by atoms with Crippen molar-refractivity contribution < 1.29 is 14.3 Å². The van der Waals surface area contributed by atoms with Gasteiger partial charge in [0.25, 0.3) is 5.91 Å². The molecule has 1 aromatic heterocycles. The fraction of sp³-hybridized carbons (Fsp3) is 0.368. The van der Waals surface area contributed by atoms with E-state index in [1.54, 1.807) is 19.5 Å². The van der Waals surface area contributed by atoms with E-state index in [9.17, 15) is 4.79 Å². The second kappa shape index (κ2) is 7.45. The van der Waals surface area contributed by atoms with Crippen molar-refractivity contribution >= 4 is 5.91 Å². The van der Waals surface area contributed by atoms with Gasteiger partial charge in [0.1, 0.15) is 5.75 Å². The lowest BCUT2D eigenvalue weighted by molar-refractivity contribution is 0.0922. The first kappa shape index (κ1) is 16.5. The molecule has 0 saturated carbocycles. The number of rotatable bonds is 5. The number of amides is 1. The molecule has 1 saturated heterocycles. The summed E-state index contributed by atoms with van der Waals surface area (Å²) in [6.45, 7) is 3.15. The molecular formula is C19H22N2O3. The summed E-state index contributed by atoms with van der Waals surface area (Å²) in [6, 6.07) is 9.60. The van der Waals surface area contributed by atoms with E-state index in [1.165, 1.54) is 5.56 Å². The van der Waals surface area contributed by atoms with Crippen molar-refractivity contribution in [2.24, 2.45) is 5.92 Å². The molecule has 2 heterocycles. The van der Waals surface area contributed by atoms with Crippen molar-refractivity contribution in [1.29, 1.82) is 0 Å². The Morgan fingerprint density at radius 2 is 2.08 bits per heavy atom. The van der Waals surface area contributed by atoms with Crippen molar-refractivity contribution in [3.05, 3.63) is 59.4 Å². The van der Waals surface area contributed by atoms with Gasteiger partial charge in [-0.15, -0.1) is 0 Å². The largest absolute Gasteiger partial charge is 0.496 e. The van der Waals surface area contributed by atoms with Crippen LogP contribution in [0.2, 0.25) is 0 Å². The van der Waals surface area contributed by atoms with E-state index in [2.05, 4.69) is 10.3 Å². The van der Waals surface area contributed by atoms with Crippen molar-refractivity contribution in [2.45, 2.75) is 19.4 Å². The average Bonchev–Trinajstić information content (AvgIpc) is 3.02. The topological polar surface area (TPSA) is 60.5 Å². The maximum Gasteiger partial charge on any atom is 0.255 e. The van der Waals surface area contributed by atoms with Gasteiger partial charge in [0.05, 0.1) is 31.9 Å². The predicted molar refractivity (Wildman–Crippen MR) is 91.2 cm³/mol. The zero-order valence-corrected chi connectivity index (χ0v) is 14.0. The molecule has 0 spiro atoms. The Morgan fingerprint density at radius 3 is 2.83 bits per heavy atom. The van der Waals surface area contributed by atoms with Gasteiger partial charge in [-0.1, -0.05) is 11.6 Å². The van der Waals surface area contributed by atoms with Crippen LogP contribution in [0.5, 0.6) is 5.75 Å². The summed E-state index contributed by atoms with van der Waals surface area (Å²) in [7, 11) is 1.58. The molecule has 5 nitrogen and oxygen atoms in total. The fourth-order valence-corrected chi connectivity index (χ4v) is 3.03. The normalized spacial score (nSPS) is 19.9. The van der Waals surface area contributed by atoms with Crippen LogP contribution in [-0.4, -0.2) is 37.3 Å². The highest BCUT2D eigenvalue weighted by molar-refractivity contribution is 5.97. The van der Waals surface area contributed by atoms with Gasteiger partial charge < -0.3 is 14.8 Å². The summed E-state index contributed by atoms with van der Waals surface area (Å²) in [5.74, 6) is 0.723. The summed E-state index contributed by atoms with van der Waals surface area (Å²) in [4.78, 5) is 16.7. The molecule has 0 bridgehead atoms. The smallest absolute Gasteiger partial charge is 0.255 e. The van der Waals surface area contributed by atoms with Crippen molar-refractivity contribution in [3.8, 4) is 5.75 Å². The molecular weight excluding hydrogens is 304 g/mol. The number of hydrogen-bond acceptors (Lipinski definition) is 4. The fourth-order valence-electron chi connectivity index (χ4n) is 3.03. The minimum absolute atomic E-state index is 0.00381. The van der Waals surface area contributed by atoms with E-state index < -0.39 is 0 Å². The van der Waals surface area contributed by atoms with Crippen LogP contribution in [0.25, 0.3) is 0 Å². The first-order valence-electron chi connectivity index (χ1n) is 8.09. The van der Waals surface area contributed by atoms with Crippen LogP contribution in [0.3, 0.4) is 0 Å². The molecule has 1 N–H and O–H groups in total. The Morgan fingerprint density at radius 1 is 1.29 bits per heavy atom. The second-order valence-corrected chi connectivity index (χ2v) is 6.14. The van der Waals surface area contributed by atoms with Gasteiger partial charge in [-0.05, 0) is 43.2 Å². The predicted octanol–water partition coefficient (Wildman–Crippen LogP) is 2.39. The lowest BCUT2D eigenvalue weighted by Crippen LogP contribution is -2.40. The van der Waals surface area contributed by atoms with Crippen LogP contribution in [-0.2, 0) is 11.2 Å². The van der Waals surface area contributed by atoms with E-state index in [0.29, 0.717) is 24.5 Å². The zero-order chi connectivity index (χ0) is 16.9. The van der Waals surface area contributed by atoms with Gasteiger partial charge in [0.15, 0.2) is 0 Å². The first-order valence-corrected chi connectivity index (χ1v) is 8.09. The molecule has 24 heavy (non-hydrogen) atoms. The van der Waals surface area contributed by atoms with Crippen molar-refractivity contribution in [1.82, 2.24) is 10.3 Å². The van der Waals surface area contributed by atoms with Crippen LogP contribution in [0.4, 0.5) is 0 Å². The summed E-state index contributed by atoms with van der Waals surface area (Å²) in [5, 5.41) is 3.11. The van der Waals surface area contributed by atoms with Crippen LogP contribution in [0, 0.1) is 12.8 Å². The monoisotopic (exact) mass is 326 g/mol. The Kier molecular flexibility index (Phi) is 5.11. The Bertz CT molecular complexity index is 703. The molecule has 2 atom stereocenters. The highest BCUT2D eigenvalue weighted by Gasteiger charge is 2.30. The number of benzene rings is 1. The van der Waals surface area contributed by atoms with Crippen LogP contribution in [0.1, 0.15) is 21.5 Å². The van der Waals surface area contributed by atoms with Gasteiger partial charge in [0.2, 0.25) is 0 Å². The van der Waals surface area contributed by atoms with Gasteiger partial charge in [0, 0.05) is 18.3 Å². The highest BCUT2D eigenvalue weighted by atomic mass is 16.5.